The van der Waals surface area contributed by atoms with Gasteiger partial charge in [-0.1, -0.05) is 13.8 Å². The molecule has 2 rings (SSSR count). The van der Waals surface area contributed by atoms with Crippen molar-refractivity contribution in [2.24, 2.45) is 5.41 Å². The quantitative estimate of drug-likeness (QED) is 0.717. The molecule has 1 aliphatic rings. The Kier molecular flexibility index (Phi) is 3.62. The topological polar surface area (TPSA) is 3.24 Å². The summed E-state index contributed by atoms with van der Waals surface area (Å²) in [4.78, 5) is 2.32. The molecule has 0 aliphatic carbocycles. The largest absolute Gasteiger partial charge is 0.371 e. The molecule has 1 nitrogen and oxygen atoms in total. The molecule has 1 aliphatic heterocycles. The Labute approximate surface area is 108 Å². The fourth-order valence-electron chi connectivity index (χ4n) is 2.32. The average Bonchev–Trinajstić information content (AvgIpc) is 2.29. The fourth-order valence-corrected chi connectivity index (χ4v) is 2.54. The minimum absolute atomic E-state index is 0.207. The second kappa shape index (κ2) is 4.85. The number of halogens is 2. The Morgan fingerprint density at radius 1 is 1.29 bits per heavy atom. The predicted molar refractivity (Wildman–Crippen MR) is 71.2 cm³/mol. The molecule has 0 unspecified atom stereocenters. The van der Waals surface area contributed by atoms with Gasteiger partial charge in [-0.2, -0.15) is 0 Å². The highest BCUT2D eigenvalue weighted by Gasteiger charge is 2.26. The maximum atomic E-state index is 13.1. The van der Waals surface area contributed by atoms with Gasteiger partial charge in [0.05, 0.1) is 0 Å². The molecule has 1 aromatic rings. The molecule has 0 amide bonds. The molecule has 1 heterocycles. The Hall–Kier alpha value is -0.760. The summed E-state index contributed by atoms with van der Waals surface area (Å²) in [5.41, 5.74) is 2.42. The van der Waals surface area contributed by atoms with Crippen LogP contribution in [-0.4, -0.2) is 13.1 Å². The van der Waals surface area contributed by atoms with Crippen molar-refractivity contribution in [2.75, 3.05) is 18.0 Å². The second-order valence-corrected chi connectivity index (χ2v) is 5.83. The minimum atomic E-state index is -0.207. The summed E-state index contributed by atoms with van der Waals surface area (Å²) in [6.45, 7) is 6.67. The van der Waals surface area contributed by atoms with Crippen LogP contribution in [0.15, 0.2) is 18.2 Å². The van der Waals surface area contributed by atoms with Crippen molar-refractivity contribution in [1.29, 1.82) is 0 Å². The second-order valence-electron chi connectivity index (χ2n) is 5.56. The lowest BCUT2D eigenvalue weighted by atomic mass is 9.82. The van der Waals surface area contributed by atoms with E-state index in [9.17, 15) is 4.39 Å². The van der Waals surface area contributed by atoms with E-state index in [-0.39, 0.29) is 5.82 Å². The monoisotopic (exact) mass is 255 g/mol. The molecule has 1 saturated heterocycles. The Bertz CT molecular complexity index is 393. The number of rotatable bonds is 2. The van der Waals surface area contributed by atoms with Gasteiger partial charge in [-0.3, -0.25) is 0 Å². The van der Waals surface area contributed by atoms with Crippen LogP contribution in [0.4, 0.5) is 10.1 Å². The molecule has 1 aromatic carbocycles. The lowest BCUT2D eigenvalue weighted by molar-refractivity contribution is 0.279. The van der Waals surface area contributed by atoms with Crippen LogP contribution in [0.5, 0.6) is 0 Å². The first-order valence-electron chi connectivity index (χ1n) is 6.11. The van der Waals surface area contributed by atoms with Gasteiger partial charge in [0.25, 0.3) is 0 Å². The molecule has 0 atom stereocenters. The van der Waals surface area contributed by atoms with Crippen LogP contribution in [0.2, 0.25) is 0 Å². The zero-order valence-electron chi connectivity index (χ0n) is 10.5. The maximum absolute atomic E-state index is 13.1. The fraction of sp³-hybridized carbons (Fsp3) is 0.571. The van der Waals surface area contributed by atoms with E-state index in [1.54, 1.807) is 6.07 Å². The molecular weight excluding hydrogens is 237 g/mol. The van der Waals surface area contributed by atoms with Crippen LogP contribution >= 0.6 is 11.6 Å². The highest BCUT2D eigenvalue weighted by Crippen LogP contribution is 2.33. The summed E-state index contributed by atoms with van der Waals surface area (Å²) in [5.74, 6) is 0.161. The Morgan fingerprint density at radius 2 is 1.94 bits per heavy atom. The van der Waals surface area contributed by atoms with E-state index in [1.165, 1.54) is 18.9 Å². The van der Waals surface area contributed by atoms with Crippen molar-refractivity contribution >= 4 is 17.3 Å². The van der Waals surface area contributed by atoms with Crippen LogP contribution in [0.1, 0.15) is 32.3 Å². The Balaban J connectivity index is 2.18. The van der Waals surface area contributed by atoms with Crippen molar-refractivity contribution in [1.82, 2.24) is 0 Å². The van der Waals surface area contributed by atoms with Crippen molar-refractivity contribution in [3.8, 4) is 0 Å². The van der Waals surface area contributed by atoms with Crippen molar-refractivity contribution in [3.63, 3.8) is 0 Å². The van der Waals surface area contributed by atoms with Gasteiger partial charge >= 0.3 is 0 Å². The van der Waals surface area contributed by atoms with E-state index in [1.807, 2.05) is 6.07 Å². The predicted octanol–water partition coefficient (Wildman–Crippen LogP) is 4.19. The van der Waals surface area contributed by atoms with Gasteiger partial charge in [0.15, 0.2) is 0 Å². The van der Waals surface area contributed by atoms with E-state index in [0.29, 0.717) is 11.3 Å². The molecule has 0 spiro atoms. The number of hydrogen-bond acceptors (Lipinski definition) is 1. The number of hydrogen-bond donors (Lipinski definition) is 0. The molecule has 0 saturated carbocycles. The molecule has 94 valence electrons. The molecule has 3 heteroatoms. The number of anilines is 1. The van der Waals surface area contributed by atoms with Crippen molar-refractivity contribution in [3.05, 3.63) is 29.6 Å². The number of alkyl halides is 1. The van der Waals surface area contributed by atoms with Crippen LogP contribution in [0.25, 0.3) is 0 Å². The zero-order chi connectivity index (χ0) is 12.5. The highest BCUT2D eigenvalue weighted by molar-refractivity contribution is 6.17. The molecule has 0 bridgehead atoms. The summed E-state index contributed by atoms with van der Waals surface area (Å²) in [6, 6.07) is 4.92. The molecule has 0 N–H and O–H groups in total. The standard InChI is InChI=1S/C14H19ClFN/c1-14(2)5-7-17(8-6-14)13-4-3-12(16)9-11(13)10-15/h3-4,9H,5-8,10H2,1-2H3. The van der Waals surface area contributed by atoms with Gasteiger partial charge in [-0.15, -0.1) is 11.6 Å². The smallest absolute Gasteiger partial charge is 0.123 e. The summed E-state index contributed by atoms with van der Waals surface area (Å²) in [6.07, 6.45) is 2.35. The summed E-state index contributed by atoms with van der Waals surface area (Å²) in [5, 5.41) is 0. The van der Waals surface area contributed by atoms with Crippen LogP contribution < -0.4 is 4.90 Å². The van der Waals surface area contributed by atoms with E-state index in [2.05, 4.69) is 18.7 Å². The highest BCUT2D eigenvalue weighted by atomic mass is 35.5. The molecule has 0 aromatic heterocycles. The number of benzene rings is 1. The van der Waals surface area contributed by atoms with Gasteiger partial charge in [0.1, 0.15) is 5.82 Å². The number of nitrogens with zero attached hydrogens (tertiary/aromatic N) is 1. The number of piperidine rings is 1. The summed E-state index contributed by atoms with van der Waals surface area (Å²) in [7, 11) is 0. The van der Waals surface area contributed by atoms with E-state index >= 15 is 0 Å². The Morgan fingerprint density at radius 3 is 2.53 bits per heavy atom. The molecule has 1 fully saturated rings. The zero-order valence-corrected chi connectivity index (χ0v) is 11.2. The van der Waals surface area contributed by atoms with Gasteiger partial charge in [0, 0.05) is 24.7 Å². The van der Waals surface area contributed by atoms with Crippen LogP contribution in [-0.2, 0) is 5.88 Å². The third kappa shape index (κ3) is 2.92. The third-order valence-corrected chi connectivity index (χ3v) is 3.93. The molecular formula is C14H19ClFN. The van der Waals surface area contributed by atoms with Gasteiger partial charge in [-0.05, 0) is 42.0 Å². The first kappa shape index (κ1) is 12.7. The van der Waals surface area contributed by atoms with E-state index in [0.717, 1.165) is 24.3 Å². The summed E-state index contributed by atoms with van der Waals surface area (Å²) < 4.78 is 13.1. The van der Waals surface area contributed by atoms with Crippen molar-refractivity contribution in [2.45, 2.75) is 32.6 Å². The van der Waals surface area contributed by atoms with Crippen LogP contribution in [0, 0.1) is 11.2 Å². The van der Waals surface area contributed by atoms with E-state index in [4.69, 9.17) is 11.6 Å². The lowest BCUT2D eigenvalue weighted by Gasteiger charge is -2.39. The third-order valence-electron chi connectivity index (χ3n) is 3.64. The maximum Gasteiger partial charge on any atom is 0.123 e. The van der Waals surface area contributed by atoms with Gasteiger partial charge in [-0.25, -0.2) is 4.39 Å². The minimum Gasteiger partial charge on any atom is -0.371 e. The molecule has 17 heavy (non-hydrogen) atoms. The lowest BCUT2D eigenvalue weighted by Crippen LogP contribution is -2.37. The van der Waals surface area contributed by atoms with Crippen LogP contribution in [0.3, 0.4) is 0 Å². The summed E-state index contributed by atoms with van der Waals surface area (Å²) >= 11 is 5.89. The normalized spacial score (nSPS) is 19.4. The molecule has 0 radical (unpaired) electrons. The average molecular weight is 256 g/mol. The van der Waals surface area contributed by atoms with Crippen molar-refractivity contribution < 1.29 is 4.39 Å². The van der Waals surface area contributed by atoms with E-state index < -0.39 is 0 Å². The SMILES string of the molecule is CC1(C)CCN(c2ccc(F)cc2CCl)CC1. The first-order valence-corrected chi connectivity index (χ1v) is 6.65. The first-order chi connectivity index (χ1) is 8.02. The van der Waals surface area contributed by atoms with Gasteiger partial charge < -0.3 is 4.90 Å². The van der Waals surface area contributed by atoms with Gasteiger partial charge in [0.2, 0.25) is 0 Å².